The first-order valence-corrected chi connectivity index (χ1v) is 4.99. The van der Waals surface area contributed by atoms with Gasteiger partial charge in [0.1, 0.15) is 0 Å². The minimum atomic E-state index is -0.165. The molecule has 0 heterocycles. The van der Waals surface area contributed by atoms with E-state index in [9.17, 15) is 4.79 Å². The van der Waals surface area contributed by atoms with E-state index in [0.29, 0.717) is 6.42 Å². The molecule has 2 heteroatoms. The fourth-order valence-electron chi connectivity index (χ4n) is 1.53. The summed E-state index contributed by atoms with van der Waals surface area (Å²) in [6.07, 6.45) is 6.44. The Morgan fingerprint density at radius 2 is 2.00 bits per heavy atom. The van der Waals surface area contributed by atoms with E-state index in [-0.39, 0.29) is 5.91 Å². The Morgan fingerprint density at radius 1 is 1.33 bits per heavy atom. The summed E-state index contributed by atoms with van der Waals surface area (Å²) in [5.41, 5.74) is 5.06. The second-order valence-corrected chi connectivity index (χ2v) is 3.42. The smallest absolute Gasteiger partial charge is 0.217 e. The maximum Gasteiger partial charge on any atom is 0.217 e. The SMILES string of the molecule is CCCC(CC)CCCC(N)=O. The molecule has 1 atom stereocenters. The van der Waals surface area contributed by atoms with Crippen LogP contribution in [-0.4, -0.2) is 5.91 Å². The van der Waals surface area contributed by atoms with Crippen molar-refractivity contribution in [2.24, 2.45) is 11.7 Å². The van der Waals surface area contributed by atoms with Crippen molar-refractivity contribution in [1.29, 1.82) is 0 Å². The van der Waals surface area contributed by atoms with Crippen molar-refractivity contribution in [3.63, 3.8) is 0 Å². The molecule has 0 spiro atoms. The first-order valence-electron chi connectivity index (χ1n) is 4.99. The number of primary amides is 1. The van der Waals surface area contributed by atoms with Crippen molar-refractivity contribution in [3.05, 3.63) is 0 Å². The van der Waals surface area contributed by atoms with Gasteiger partial charge in [-0.25, -0.2) is 0 Å². The van der Waals surface area contributed by atoms with Crippen LogP contribution in [0.2, 0.25) is 0 Å². The van der Waals surface area contributed by atoms with Crippen LogP contribution in [0, 0.1) is 5.92 Å². The molecule has 0 aromatic heterocycles. The van der Waals surface area contributed by atoms with Gasteiger partial charge in [0, 0.05) is 6.42 Å². The quantitative estimate of drug-likeness (QED) is 0.628. The Kier molecular flexibility index (Phi) is 6.82. The number of amides is 1. The van der Waals surface area contributed by atoms with Crippen LogP contribution in [0.25, 0.3) is 0 Å². The maximum atomic E-state index is 10.4. The molecule has 0 fully saturated rings. The van der Waals surface area contributed by atoms with Gasteiger partial charge in [-0.2, -0.15) is 0 Å². The molecule has 0 aliphatic carbocycles. The van der Waals surface area contributed by atoms with Gasteiger partial charge >= 0.3 is 0 Å². The molecule has 0 bridgehead atoms. The molecule has 0 saturated heterocycles. The zero-order valence-electron chi connectivity index (χ0n) is 8.31. The summed E-state index contributed by atoms with van der Waals surface area (Å²) >= 11 is 0. The average molecular weight is 171 g/mol. The Balaban J connectivity index is 3.37. The molecule has 12 heavy (non-hydrogen) atoms. The number of hydrogen-bond acceptors (Lipinski definition) is 1. The highest BCUT2D eigenvalue weighted by atomic mass is 16.1. The van der Waals surface area contributed by atoms with Crippen molar-refractivity contribution in [1.82, 2.24) is 0 Å². The van der Waals surface area contributed by atoms with Gasteiger partial charge in [-0.05, 0) is 18.8 Å². The van der Waals surface area contributed by atoms with Crippen LogP contribution in [0.15, 0.2) is 0 Å². The minimum Gasteiger partial charge on any atom is -0.370 e. The van der Waals surface area contributed by atoms with Crippen LogP contribution >= 0.6 is 0 Å². The Bertz CT molecular complexity index is 123. The van der Waals surface area contributed by atoms with Crippen LogP contribution in [-0.2, 0) is 4.79 Å². The van der Waals surface area contributed by atoms with E-state index in [0.717, 1.165) is 18.8 Å². The van der Waals surface area contributed by atoms with Crippen LogP contribution in [0.1, 0.15) is 52.4 Å². The Labute approximate surface area is 75.5 Å². The van der Waals surface area contributed by atoms with Gasteiger partial charge in [-0.1, -0.05) is 33.1 Å². The zero-order chi connectivity index (χ0) is 9.40. The first-order chi connectivity index (χ1) is 5.70. The number of carbonyl (C=O) groups is 1. The van der Waals surface area contributed by atoms with Gasteiger partial charge in [-0.15, -0.1) is 0 Å². The first kappa shape index (κ1) is 11.5. The summed E-state index contributed by atoms with van der Waals surface area (Å²) in [6.45, 7) is 4.42. The molecule has 2 N–H and O–H groups in total. The summed E-state index contributed by atoms with van der Waals surface area (Å²) in [5.74, 6) is 0.635. The predicted molar refractivity (Wildman–Crippen MR) is 51.7 cm³/mol. The monoisotopic (exact) mass is 171 g/mol. The Hall–Kier alpha value is -0.530. The molecule has 1 amide bonds. The van der Waals surface area contributed by atoms with Crippen molar-refractivity contribution >= 4 is 5.91 Å². The molecule has 0 aromatic rings. The van der Waals surface area contributed by atoms with E-state index >= 15 is 0 Å². The summed E-state index contributed by atoms with van der Waals surface area (Å²) in [7, 11) is 0. The van der Waals surface area contributed by atoms with E-state index in [1.54, 1.807) is 0 Å². The molecular weight excluding hydrogens is 150 g/mol. The molecule has 72 valence electrons. The average Bonchev–Trinajstić information content (AvgIpc) is 2.02. The highest BCUT2D eigenvalue weighted by molar-refractivity contribution is 5.73. The lowest BCUT2D eigenvalue weighted by Gasteiger charge is -2.12. The van der Waals surface area contributed by atoms with Gasteiger partial charge in [0.2, 0.25) is 5.91 Å². The minimum absolute atomic E-state index is 0.165. The number of rotatable bonds is 7. The molecule has 0 aliphatic heterocycles. The summed E-state index contributed by atoms with van der Waals surface area (Å²) < 4.78 is 0. The van der Waals surface area contributed by atoms with Crippen LogP contribution in [0.4, 0.5) is 0 Å². The second kappa shape index (κ2) is 7.14. The molecule has 0 aliphatic rings. The normalized spacial score (nSPS) is 12.8. The summed E-state index contributed by atoms with van der Waals surface area (Å²) in [4.78, 5) is 10.4. The van der Waals surface area contributed by atoms with E-state index in [1.165, 1.54) is 19.3 Å². The Morgan fingerprint density at radius 3 is 2.42 bits per heavy atom. The van der Waals surface area contributed by atoms with E-state index < -0.39 is 0 Å². The number of nitrogens with two attached hydrogens (primary N) is 1. The lowest BCUT2D eigenvalue weighted by molar-refractivity contribution is -0.118. The van der Waals surface area contributed by atoms with Crippen LogP contribution < -0.4 is 5.73 Å². The zero-order valence-corrected chi connectivity index (χ0v) is 8.31. The van der Waals surface area contributed by atoms with Crippen LogP contribution in [0.5, 0.6) is 0 Å². The topological polar surface area (TPSA) is 43.1 Å². The van der Waals surface area contributed by atoms with Crippen molar-refractivity contribution in [2.45, 2.75) is 52.4 Å². The predicted octanol–water partition coefficient (Wildman–Crippen LogP) is 2.47. The number of hydrogen-bond donors (Lipinski definition) is 1. The third-order valence-corrected chi connectivity index (χ3v) is 2.31. The molecule has 0 radical (unpaired) electrons. The van der Waals surface area contributed by atoms with Crippen LogP contribution in [0.3, 0.4) is 0 Å². The molecular formula is C10H21NO. The highest BCUT2D eigenvalue weighted by Gasteiger charge is 2.05. The number of carbonyl (C=O) groups excluding carboxylic acids is 1. The summed E-state index contributed by atoms with van der Waals surface area (Å²) in [5, 5.41) is 0. The lowest BCUT2D eigenvalue weighted by atomic mass is 9.94. The molecule has 1 unspecified atom stereocenters. The fourth-order valence-corrected chi connectivity index (χ4v) is 1.53. The third-order valence-electron chi connectivity index (χ3n) is 2.31. The lowest BCUT2D eigenvalue weighted by Crippen LogP contribution is -2.10. The maximum absolute atomic E-state index is 10.4. The van der Waals surface area contributed by atoms with E-state index in [1.807, 2.05) is 0 Å². The van der Waals surface area contributed by atoms with Crippen molar-refractivity contribution in [2.75, 3.05) is 0 Å². The second-order valence-electron chi connectivity index (χ2n) is 3.42. The molecule has 0 rings (SSSR count). The standard InChI is InChI=1S/C10H21NO/c1-3-6-9(4-2)7-5-8-10(11)12/h9H,3-8H2,1-2H3,(H2,11,12). The largest absolute Gasteiger partial charge is 0.370 e. The van der Waals surface area contributed by atoms with Gasteiger partial charge < -0.3 is 5.73 Å². The molecule has 0 saturated carbocycles. The van der Waals surface area contributed by atoms with E-state index in [4.69, 9.17) is 5.73 Å². The van der Waals surface area contributed by atoms with Gasteiger partial charge in [0.05, 0.1) is 0 Å². The third kappa shape index (κ3) is 6.20. The van der Waals surface area contributed by atoms with Gasteiger partial charge in [-0.3, -0.25) is 4.79 Å². The highest BCUT2D eigenvalue weighted by Crippen LogP contribution is 2.17. The van der Waals surface area contributed by atoms with Crippen molar-refractivity contribution < 1.29 is 4.79 Å². The molecule has 0 aromatic carbocycles. The van der Waals surface area contributed by atoms with Gasteiger partial charge in [0.15, 0.2) is 0 Å². The fraction of sp³-hybridized carbons (Fsp3) is 0.900. The summed E-state index contributed by atoms with van der Waals surface area (Å²) in [6, 6.07) is 0. The van der Waals surface area contributed by atoms with E-state index in [2.05, 4.69) is 13.8 Å². The molecule has 2 nitrogen and oxygen atoms in total. The van der Waals surface area contributed by atoms with Gasteiger partial charge in [0.25, 0.3) is 0 Å². The van der Waals surface area contributed by atoms with Crippen molar-refractivity contribution in [3.8, 4) is 0 Å².